The molecule has 0 aromatic carbocycles. The van der Waals surface area contributed by atoms with Crippen molar-refractivity contribution in [3.8, 4) is 0 Å². The summed E-state index contributed by atoms with van der Waals surface area (Å²) in [5.74, 6) is 0.0108. The van der Waals surface area contributed by atoms with Gasteiger partial charge in [0.15, 0.2) is 28.9 Å². The Morgan fingerprint density at radius 2 is 1.72 bits per heavy atom. The van der Waals surface area contributed by atoms with Gasteiger partial charge in [0, 0.05) is 19.4 Å². The maximum atomic E-state index is 13.0. The summed E-state index contributed by atoms with van der Waals surface area (Å²) < 4.78 is 60.5. The number of nitrogens with two attached hydrogens (primary N) is 2. The van der Waals surface area contributed by atoms with Crippen LogP contribution in [0.15, 0.2) is 23.8 Å². The molecule has 274 valence electrons. The third-order valence-corrected chi connectivity index (χ3v) is 11.1. The maximum Gasteiger partial charge on any atom is 0.336 e. The molecule has 2 bridgehead atoms. The lowest BCUT2D eigenvalue weighted by Crippen LogP contribution is -2.38. The zero-order valence-corrected chi connectivity index (χ0v) is 29.9. The number of aromatic amines is 1. The summed E-state index contributed by atoms with van der Waals surface area (Å²) in [5.41, 5.74) is 11.8. The number of anilines is 2. The van der Waals surface area contributed by atoms with Crippen molar-refractivity contribution >= 4 is 62.9 Å². The van der Waals surface area contributed by atoms with Gasteiger partial charge in [-0.15, -0.1) is 0 Å². The number of ether oxygens (including phenoxy) is 2. The van der Waals surface area contributed by atoms with E-state index in [0.717, 1.165) is 0 Å². The molecule has 0 aliphatic carbocycles. The molecule has 24 heteroatoms. The highest BCUT2D eigenvalue weighted by Gasteiger charge is 2.45. The van der Waals surface area contributed by atoms with Crippen LogP contribution in [-0.4, -0.2) is 114 Å². The second kappa shape index (κ2) is 14.8. The van der Waals surface area contributed by atoms with Crippen LogP contribution in [0.1, 0.15) is 46.1 Å². The van der Waals surface area contributed by atoms with Gasteiger partial charge in [-0.05, 0) is 31.4 Å². The first-order valence-corrected chi connectivity index (χ1v) is 19.8. The number of hydrogen-bond acceptors (Lipinski definition) is 17. The van der Waals surface area contributed by atoms with Crippen molar-refractivity contribution in [1.82, 2.24) is 48.7 Å². The summed E-state index contributed by atoms with van der Waals surface area (Å²) in [6.07, 6.45) is -1.45. The minimum absolute atomic E-state index is 0.0120. The van der Waals surface area contributed by atoms with Gasteiger partial charge in [0.25, 0.3) is 5.56 Å². The number of aromatic nitrogens is 8. The molecule has 3 fully saturated rings. The summed E-state index contributed by atoms with van der Waals surface area (Å²) in [5, 5.41) is 0. The molecule has 7 rings (SSSR count). The Morgan fingerprint density at radius 1 is 1.00 bits per heavy atom. The highest BCUT2D eigenvalue weighted by molar-refractivity contribution is 8.07. The minimum atomic E-state index is -4.34. The van der Waals surface area contributed by atoms with Crippen LogP contribution in [0.5, 0.6) is 0 Å². The van der Waals surface area contributed by atoms with E-state index in [0.29, 0.717) is 11.2 Å². The SMILES string of the molecule is CCN(CC)CC.Nc1nc2c(ncn2[C@@H]2O[C@@H]3CNS(=O)(=O)O[C@H]4C[C@H](n5cnc6c(N)ncnc65)O[C@@H]4COP(O)(=S)O[C@@H]2C3)c(=O)[nH]1. The molecule has 4 aromatic heterocycles. The van der Waals surface area contributed by atoms with E-state index in [-0.39, 0.29) is 48.9 Å². The van der Waals surface area contributed by atoms with Crippen molar-refractivity contribution in [2.45, 2.75) is 70.5 Å². The number of hydrogen-bond donors (Lipinski definition) is 5. The first-order valence-electron chi connectivity index (χ1n) is 15.8. The van der Waals surface area contributed by atoms with Gasteiger partial charge < -0.3 is 39.8 Å². The number of fused-ring (bicyclic) bond motifs is 5. The van der Waals surface area contributed by atoms with E-state index in [1.807, 2.05) is 0 Å². The van der Waals surface area contributed by atoms with Gasteiger partial charge in [-0.3, -0.25) is 23.1 Å². The normalized spacial score (nSPS) is 29.9. The van der Waals surface area contributed by atoms with Crippen molar-refractivity contribution in [3.05, 3.63) is 29.3 Å². The van der Waals surface area contributed by atoms with E-state index in [1.54, 1.807) is 4.57 Å². The Hall–Kier alpha value is -3.22. The lowest BCUT2D eigenvalue weighted by molar-refractivity contribution is -0.0477. The van der Waals surface area contributed by atoms with Crippen LogP contribution < -0.4 is 21.7 Å². The third kappa shape index (κ3) is 7.82. The Labute approximate surface area is 291 Å². The second-order valence-electron chi connectivity index (χ2n) is 11.6. The minimum Gasteiger partial charge on any atom is -0.382 e. The molecule has 7 atom stereocenters. The van der Waals surface area contributed by atoms with Gasteiger partial charge >= 0.3 is 17.0 Å². The number of nitrogens with zero attached hydrogens (tertiary/aromatic N) is 8. The van der Waals surface area contributed by atoms with Gasteiger partial charge in [0.2, 0.25) is 5.95 Å². The zero-order valence-electron chi connectivity index (χ0n) is 27.4. The molecule has 7 N–H and O–H groups in total. The molecule has 0 amide bonds. The topological polar surface area (TPSA) is 275 Å². The van der Waals surface area contributed by atoms with E-state index in [4.69, 9.17) is 46.0 Å². The molecular weight excluding hydrogens is 719 g/mol. The zero-order chi connectivity index (χ0) is 35.8. The van der Waals surface area contributed by atoms with Crippen LogP contribution >= 0.6 is 6.72 Å². The number of rotatable bonds is 5. The van der Waals surface area contributed by atoms with E-state index in [9.17, 15) is 18.1 Å². The Balaban J connectivity index is 0.000000561. The summed E-state index contributed by atoms with van der Waals surface area (Å²) in [6, 6.07) is 0. The second-order valence-corrected chi connectivity index (χ2v) is 15.8. The fourth-order valence-electron chi connectivity index (χ4n) is 5.95. The average Bonchev–Trinajstić information content (AvgIpc) is 3.85. The van der Waals surface area contributed by atoms with Gasteiger partial charge in [0.1, 0.15) is 36.4 Å². The molecule has 0 radical (unpaired) electrons. The van der Waals surface area contributed by atoms with Crippen LogP contribution in [0, 0.1) is 0 Å². The predicted molar refractivity (Wildman–Crippen MR) is 182 cm³/mol. The van der Waals surface area contributed by atoms with Gasteiger partial charge in [-0.25, -0.2) is 19.9 Å². The number of nitrogens with one attached hydrogen (secondary N) is 2. The first-order chi connectivity index (χ1) is 23.8. The molecular formula is C26H39N12O9PS2. The highest BCUT2D eigenvalue weighted by Crippen LogP contribution is 2.50. The van der Waals surface area contributed by atoms with Crippen LogP contribution in [-0.2, 0) is 44.8 Å². The Bertz CT molecular complexity index is 2040. The number of nitrogen functional groups attached to an aromatic ring is 2. The van der Waals surface area contributed by atoms with Crippen molar-refractivity contribution in [3.63, 3.8) is 0 Å². The summed E-state index contributed by atoms with van der Waals surface area (Å²) in [4.78, 5) is 48.6. The molecule has 4 aromatic rings. The monoisotopic (exact) mass is 758 g/mol. The number of imidazole rings is 2. The molecule has 3 aliphatic rings. The number of H-pyrrole nitrogens is 1. The van der Waals surface area contributed by atoms with Crippen molar-refractivity contribution in [2.75, 3.05) is 44.3 Å². The summed E-state index contributed by atoms with van der Waals surface area (Å²) in [7, 11) is -4.34. The van der Waals surface area contributed by atoms with Gasteiger partial charge in [-0.1, -0.05) is 20.8 Å². The van der Waals surface area contributed by atoms with E-state index in [1.165, 1.54) is 43.2 Å². The first kappa shape index (κ1) is 36.6. The molecule has 50 heavy (non-hydrogen) atoms. The quantitative estimate of drug-likeness (QED) is 0.166. The lowest BCUT2D eigenvalue weighted by atomic mass is 10.2. The van der Waals surface area contributed by atoms with Crippen LogP contribution in [0.25, 0.3) is 22.3 Å². The average molecular weight is 759 g/mol. The van der Waals surface area contributed by atoms with E-state index < -0.39 is 59.5 Å². The highest BCUT2D eigenvalue weighted by atomic mass is 32.5. The molecule has 3 saturated heterocycles. The lowest BCUT2D eigenvalue weighted by Gasteiger charge is -2.26. The van der Waals surface area contributed by atoms with Crippen LogP contribution in [0.3, 0.4) is 0 Å². The van der Waals surface area contributed by atoms with Crippen molar-refractivity contribution in [1.29, 1.82) is 0 Å². The summed E-state index contributed by atoms with van der Waals surface area (Å²) in [6.45, 7) is 5.55. The standard InChI is InChI=1S/C20H24N11O9PS2.C6H15N/c21-15-13-16(24-5-23-15)30(6-25-13)12-2-9-11(38-12)4-36-41(33,42)39-10-1-8(3-27-43(34,35)40-9)37-19(10)31-7-26-14-17(31)28-20(22)29-18(14)32;1-4-7(5-2)6-3/h5-12,19,27H,1-4H2,(H,33,42)(H2,21,23,24)(H3,22,28,29,32);4-6H2,1-3H3/t8-,9-,10+,11+,12+,19+,41?;/m0./s1. The molecule has 0 spiro atoms. The van der Waals surface area contributed by atoms with E-state index in [2.05, 4.69) is 60.3 Å². The fraction of sp³-hybridized carbons (Fsp3) is 0.615. The largest absolute Gasteiger partial charge is 0.382 e. The maximum absolute atomic E-state index is 13.0. The molecule has 1 unspecified atom stereocenters. The Kier molecular flexibility index (Phi) is 10.8. The fourth-order valence-corrected chi connectivity index (χ4v) is 8.38. The predicted octanol–water partition coefficient (Wildman–Crippen LogP) is -0.101. The molecule has 3 aliphatic heterocycles. The van der Waals surface area contributed by atoms with Crippen LogP contribution in [0.4, 0.5) is 11.8 Å². The van der Waals surface area contributed by atoms with Crippen LogP contribution in [0.2, 0.25) is 0 Å². The summed E-state index contributed by atoms with van der Waals surface area (Å²) >= 11 is 5.31. The molecule has 0 saturated carbocycles. The van der Waals surface area contributed by atoms with Gasteiger partial charge in [-0.2, -0.15) is 18.1 Å². The smallest absolute Gasteiger partial charge is 0.336 e. The molecule has 7 heterocycles. The molecule has 21 nitrogen and oxygen atoms in total. The van der Waals surface area contributed by atoms with Crippen molar-refractivity contribution in [2.24, 2.45) is 0 Å². The Morgan fingerprint density at radius 3 is 2.44 bits per heavy atom. The van der Waals surface area contributed by atoms with E-state index >= 15 is 0 Å². The van der Waals surface area contributed by atoms with Crippen molar-refractivity contribution < 1.29 is 36.0 Å². The third-order valence-electron chi connectivity index (χ3n) is 8.50. The van der Waals surface area contributed by atoms with Gasteiger partial charge in [0.05, 0.1) is 25.4 Å².